The van der Waals surface area contributed by atoms with Crippen molar-refractivity contribution in [3.63, 3.8) is 0 Å². The molecule has 2 rings (SSSR count). The summed E-state index contributed by atoms with van der Waals surface area (Å²) in [6.45, 7) is -1.49. The number of alkyl halides is 2. The van der Waals surface area contributed by atoms with Gasteiger partial charge in [-0.15, -0.1) is 12.4 Å². The van der Waals surface area contributed by atoms with E-state index in [1.165, 1.54) is 12.1 Å². The van der Waals surface area contributed by atoms with Gasteiger partial charge in [0.1, 0.15) is 5.75 Å². The van der Waals surface area contributed by atoms with E-state index < -0.39 is 6.61 Å². The minimum atomic E-state index is -2.81. The van der Waals surface area contributed by atoms with Crippen molar-refractivity contribution in [2.45, 2.75) is 26.2 Å². The van der Waals surface area contributed by atoms with Crippen molar-refractivity contribution in [3.8, 4) is 5.75 Å². The molecule has 0 amide bonds. The Bertz CT molecular complexity index is 565. The normalized spacial score (nSPS) is 10.8. The van der Waals surface area contributed by atoms with Crippen molar-refractivity contribution in [3.05, 3.63) is 41.5 Å². The summed E-state index contributed by atoms with van der Waals surface area (Å²) in [7, 11) is 1.89. The van der Waals surface area contributed by atoms with E-state index in [1.807, 2.05) is 11.9 Å². The van der Waals surface area contributed by atoms with E-state index in [0.29, 0.717) is 24.8 Å². The lowest BCUT2D eigenvalue weighted by molar-refractivity contribution is -0.0498. The highest BCUT2D eigenvalue weighted by molar-refractivity contribution is 5.85. The van der Waals surface area contributed by atoms with Crippen molar-refractivity contribution in [2.24, 2.45) is 5.73 Å². The third-order valence-corrected chi connectivity index (χ3v) is 2.70. The molecule has 0 spiro atoms. The second-order valence-electron chi connectivity index (χ2n) is 4.50. The van der Waals surface area contributed by atoms with Crippen molar-refractivity contribution in [1.82, 2.24) is 15.0 Å². The first-order valence-electron chi connectivity index (χ1n) is 6.30. The summed E-state index contributed by atoms with van der Waals surface area (Å²) in [5.41, 5.74) is 6.35. The van der Waals surface area contributed by atoms with E-state index in [9.17, 15) is 8.78 Å². The van der Waals surface area contributed by atoms with E-state index in [0.717, 1.165) is 5.56 Å². The zero-order valence-electron chi connectivity index (χ0n) is 11.9. The van der Waals surface area contributed by atoms with Gasteiger partial charge in [0, 0.05) is 6.54 Å². The molecule has 0 saturated carbocycles. The number of halogens is 3. The number of nitrogens with two attached hydrogens (primary N) is 1. The number of hydrogen-bond acceptors (Lipinski definition) is 6. The summed E-state index contributed by atoms with van der Waals surface area (Å²) in [4.78, 5) is 6.08. The Morgan fingerprint density at radius 3 is 2.50 bits per heavy atom. The topological polar surface area (TPSA) is 77.4 Å². The zero-order chi connectivity index (χ0) is 15.2. The monoisotopic (exact) mass is 334 g/mol. The zero-order valence-corrected chi connectivity index (χ0v) is 12.7. The van der Waals surface area contributed by atoms with Gasteiger partial charge in [-0.05, 0) is 24.7 Å². The summed E-state index contributed by atoms with van der Waals surface area (Å²) in [5.74, 6) is 1.09. The number of ether oxygens (including phenoxy) is 1. The molecule has 0 aliphatic heterocycles. The fraction of sp³-hybridized carbons (Fsp3) is 0.385. The Morgan fingerprint density at radius 1 is 1.27 bits per heavy atom. The van der Waals surface area contributed by atoms with Crippen LogP contribution in [0, 0.1) is 0 Å². The maximum Gasteiger partial charge on any atom is 0.387 e. The fourth-order valence-electron chi connectivity index (χ4n) is 1.82. The predicted molar refractivity (Wildman–Crippen MR) is 77.7 cm³/mol. The van der Waals surface area contributed by atoms with Crippen molar-refractivity contribution in [2.75, 3.05) is 7.05 Å². The van der Waals surface area contributed by atoms with E-state index >= 15 is 0 Å². The molecule has 0 saturated heterocycles. The minimum absolute atomic E-state index is 0. The number of aromatic nitrogens is 2. The summed E-state index contributed by atoms with van der Waals surface area (Å²) in [5, 5.41) is 3.80. The Kier molecular flexibility index (Phi) is 7.16. The molecule has 6 nitrogen and oxygen atoms in total. The lowest BCUT2D eigenvalue weighted by Gasteiger charge is -2.14. The number of rotatable bonds is 7. The third kappa shape index (κ3) is 5.55. The first kappa shape index (κ1) is 18.3. The molecule has 2 aromatic rings. The van der Waals surface area contributed by atoms with Gasteiger partial charge < -0.3 is 15.0 Å². The molecule has 0 unspecified atom stereocenters. The van der Waals surface area contributed by atoms with Crippen LogP contribution in [0.1, 0.15) is 17.3 Å². The van der Waals surface area contributed by atoms with E-state index in [2.05, 4.69) is 14.9 Å². The molecule has 122 valence electrons. The first-order chi connectivity index (χ1) is 10.1. The molecule has 2 N–H and O–H groups in total. The maximum atomic E-state index is 12.0. The van der Waals surface area contributed by atoms with Gasteiger partial charge in [0.15, 0.2) is 5.82 Å². The SMILES string of the molecule is CN(Cc1ccc(OC(F)F)cc1)Cc1noc(CN)n1.Cl. The Balaban J connectivity index is 0.00000242. The van der Waals surface area contributed by atoms with Gasteiger partial charge in [-0.3, -0.25) is 4.90 Å². The second-order valence-corrected chi connectivity index (χ2v) is 4.50. The van der Waals surface area contributed by atoms with Gasteiger partial charge in [0.25, 0.3) is 0 Å². The first-order valence-corrected chi connectivity index (χ1v) is 6.30. The molecule has 0 fully saturated rings. The van der Waals surface area contributed by atoms with Crippen LogP contribution in [0.5, 0.6) is 5.75 Å². The van der Waals surface area contributed by atoms with Crippen molar-refractivity contribution in [1.29, 1.82) is 0 Å². The quantitative estimate of drug-likeness (QED) is 0.836. The van der Waals surface area contributed by atoms with Gasteiger partial charge in [0.2, 0.25) is 5.89 Å². The molecule has 0 bridgehead atoms. The largest absolute Gasteiger partial charge is 0.435 e. The lowest BCUT2D eigenvalue weighted by atomic mass is 10.2. The van der Waals surface area contributed by atoms with Gasteiger partial charge in [-0.25, -0.2) is 0 Å². The van der Waals surface area contributed by atoms with Crippen LogP contribution in [0.3, 0.4) is 0 Å². The molecule has 9 heteroatoms. The van der Waals surface area contributed by atoms with Crippen LogP contribution in [-0.2, 0) is 19.6 Å². The molecule has 0 radical (unpaired) electrons. The number of hydrogen-bond donors (Lipinski definition) is 1. The summed E-state index contributed by atoms with van der Waals surface area (Å²) in [6, 6.07) is 6.48. The standard InChI is InChI=1S/C13H16F2N4O2.ClH/c1-19(8-11-17-12(6-16)21-18-11)7-9-2-4-10(5-3-9)20-13(14)15;/h2-5,13H,6-8,16H2,1H3;1H. The highest BCUT2D eigenvalue weighted by atomic mass is 35.5. The molecule has 0 aliphatic rings. The van der Waals surface area contributed by atoms with E-state index in [4.69, 9.17) is 10.3 Å². The molecule has 1 aromatic carbocycles. The lowest BCUT2D eigenvalue weighted by Crippen LogP contribution is -2.18. The van der Waals surface area contributed by atoms with E-state index in [1.54, 1.807) is 12.1 Å². The average Bonchev–Trinajstić information content (AvgIpc) is 2.88. The van der Waals surface area contributed by atoms with Crippen molar-refractivity contribution < 1.29 is 18.0 Å². The smallest absolute Gasteiger partial charge is 0.387 e. The van der Waals surface area contributed by atoms with Gasteiger partial charge in [0.05, 0.1) is 13.1 Å². The Hall–Kier alpha value is -1.77. The highest BCUT2D eigenvalue weighted by Crippen LogP contribution is 2.16. The molecule has 0 aliphatic carbocycles. The fourth-order valence-corrected chi connectivity index (χ4v) is 1.82. The van der Waals surface area contributed by atoms with Crippen LogP contribution < -0.4 is 10.5 Å². The molecule has 22 heavy (non-hydrogen) atoms. The summed E-state index contributed by atoms with van der Waals surface area (Å²) >= 11 is 0. The van der Waals surface area contributed by atoms with Gasteiger partial charge in [-0.2, -0.15) is 13.8 Å². The maximum absolute atomic E-state index is 12.0. The molecule has 0 atom stereocenters. The van der Waals surface area contributed by atoms with Gasteiger partial charge in [-0.1, -0.05) is 17.3 Å². The molecular weight excluding hydrogens is 318 g/mol. The number of benzene rings is 1. The Labute approximate surface area is 132 Å². The van der Waals surface area contributed by atoms with Crippen LogP contribution in [0.2, 0.25) is 0 Å². The number of nitrogens with zero attached hydrogens (tertiary/aromatic N) is 3. The predicted octanol–water partition coefficient (Wildman–Crippen LogP) is 2.18. The second kappa shape index (κ2) is 8.62. The van der Waals surface area contributed by atoms with Crippen molar-refractivity contribution >= 4 is 12.4 Å². The Morgan fingerprint density at radius 2 is 1.95 bits per heavy atom. The summed E-state index contributed by atoms with van der Waals surface area (Å²) < 4.78 is 33.3. The van der Waals surface area contributed by atoms with Gasteiger partial charge >= 0.3 is 6.61 Å². The summed E-state index contributed by atoms with van der Waals surface area (Å²) in [6.07, 6.45) is 0. The molecule has 1 aromatic heterocycles. The van der Waals surface area contributed by atoms with Crippen LogP contribution >= 0.6 is 12.4 Å². The van der Waals surface area contributed by atoms with Crippen LogP contribution in [0.4, 0.5) is 8.78 Å². The van der Waals surface area contributed by atoms with Crippen LogP contribution in [0.25, 0.3) is 0 Å². The third-order valence-electron chi connectivity index (χ3n) is 2.70. The van der Waals surface area contributed by atoms with E-state index in [-0.39, 0.29) is 24.7 Å². The van der Waals surface area contributed by atoms with Crippen LogP contribution in [-0.4, -0.2) is 28.7 Å². The molecule has 1 heterocycles. The van der Waals surface area contributed by atoms with Crippen LogP contribution in [0.15, 0.2) is 28.8 Å². The molecular formula is C13H17ClF2N4O2. The highest BCUT2D eigenvalue weighted by Gasteiger charge is 2.09. The minimum Gasteiger partial charge on any atom is -0.435 e. The average molecular weight is 335 g/mol.